The van der Waals surface area contributed by atoms with Crippen molar-refractivity contribution in [1.29, 1.82) is 0 Å². The standard InChI is InChI=1S/C13H23N3O2S/c1-3-5-11-12(6-4-2)15-16(13(11)14)10-7-8-19(17,18)9-10/h10H,3-9,14H2,1-2H3. The normalized spacial score (nSPS) is 21.9. The van der Waals surface area contributed by atoms with Gasteiger partial charge in [0.1, 0.15) is 5.82 Å². The zero-order valence-electron chi connectivity index (χ0n) is 11.7. The number of aromatic nitrogens is 2. The maximum absolute atomic E-state index is 11.6. The molecule has 1 fully saturated rings. The fraction of sp³-hybridized carbons (Fsp3) is 0.769. The summed E-state index contributed by atoms with van der Waals surface area (Å²) in [4.78, 5) is 0. The Labute approximate surface area is 115 Å². The second-order valence-electron chi connectivity index (χ2n) is 5.31. The highest BCUT2D eigenvalue weighted by molar-refractivity contribution is 7.91. The molecule has 2 N–H and O–H groups in total. The van der Waals surface area contributed by atoms with Gasteiger partial charge in [0.15, 0.2) is 9.84 Å². The number of nitrogen functional groups attached to an aromatic ring is 1. The number of anilines is 1. The summed E-state index contributed by atoms with van der Waals surface area (Å²) in [5.74, 6) is 1.10. The second-order valence-corrected chi connectivity index (χ2v) is 7.54. The monoisotopic (exact) mass is 285 g/mol. The fourth-order valence-corrected chi connectivity index (χ4v) is 4.43. The van der Waals surface area contributed by atoms with E-state index >= 15 is 0 Å². The molecule has 2 heterocycles. The molecule has 0 amide bonds. The molecule has 2 rings (SSSR count). The van der Waals surface area contributed by atoms with Gasteiger partial charge in [-0.1, -0.05) is 26.7 Å². The van der Waals surface area contributed by atoms with E-state index < -0.39 is 9.84 Å². The third-order valence-electron chi connectivity index (χ3n) is 3.67. The number of hydrogen-bond acceptors (Lipinski definition) is 4. The van der Waals surface area contributed by atoms with Gasteiger partial charge in [-0.3, -0.25) is 0 Å². The highest BCUT2D eigenvalue weighted by Crippen LogP contribution is 2.29. The predicted molar refractivity (Wildman–Crippen MR) is 76.9 cm³/mol. The van der Waals surface area contributed by atoms with Crippen LogP contribution in [-0.4, -0.2) is 29.7 Å². The molecule has 1 unspecified atom stereocenters. The minimum atomic E-state index is -2.90. The molecule has 1 aliphatic rings. The molecule has 1 saturated heterocycles. The number of nitrogens with two attached hydrogens (primary N) is 1. The molecule has 1 atom stereocenters. The van der Waals surface area contributed by atoms with E-state index in [0.29, 0.717) is 12.2 Å². The molecule has 5 nitrogen and oxygen atoms in total. The minimum Gasteiger partial charge on any atom is -0.384 e. The van der Waals surface area contributed by atoms with Crippen LogP contribution in [0.4, 0.5) is 5.82 Å². The van der Waals surface area contributed by atoms with Crippen LogP contribution in [0.25, 0.3) is 0 Å². The SMILES string of the molecule is CCCc1nn(C2CCS(=O)(=O)C2)c(N)c1CCC. The molecular weight excluding hydrogens is 262 g/mol. The van der Waals surface area contributed by atoms with E-state index in [1.807, 2.05) is 0 Å². The van der Waals surface area contributed by atoms with Gasteiger partial charge in [0.2, 0.25) is 0 Å². The van der Waals surface area contributed by atoms with Gasteiger partial charge in [-0.05, 0) is 19.3 Å². The highest BCUT2D eigenvalue weighted by Gasteiger charge is 2.31. The molecule has 0 spiro atoms. The second kappa shape index (κ2) is 5.53. The maximum Gasteiger partial charge on any atom is 0.152 e. The van der Waals surface area contributed by atoms with Crippen LogP contribution in [0.5, 0.6) is 0 Å². The third-order valence-corrected chi connectivity index (χ3v) is 5.42. The molecule has 0 aromatic carbocycles. The summed E-state index contributed by atoms with van der Waals surface area (Å²) < 4.78 is 24.9. The molecule has 1 aliphatic heterocycles. The predicted octanol–water partition coefficient (Wildman–Crippen LogP) is 1.73. The van der Waals surface area contributed by atoms with Crippen molar-refractivity contribution >= 4 is 15.7 Å². The molecule has 0 radical (unpaired) electrons. The Kier molecular flexibility index (Phi) is 4.18. The van der Waals surface area contributed by atoms with Crippen LogP contribution in [0.2, 0.25) is 0 Å². The van der Waals surface area contributed by atoms with Crippen molar-refractivity contribution in [2.24, 2.45) is 0 Å². The molecule has 19 heavy (non-hydrogen) atoms. The first-order valence-corrected chi connectivity index (χ1v) is 8.86. The van der Waals surface area contributed by atoms with Crippen molar-refractivity contribution in [2.45, 2.75) is 52.0 Å². The van der Waals surface area contributed by atoms with Crippen LogP contribution in [0, 0.1) is 0 Å². The summed E-state index contributed by atoms with van der Waals surface area (Å²) in [6, 6.07) is -0.0776. The largest absolute Gasteiger partial charge is 0.384 e. The van der Waals surface area contributed by atoms with Gasteiger partial charge in [0.05, 0.1) is 23.2 Å². The molecule has 6 heteroatoms. The molecule has 108 valence electrons. The van der Waals surface area contributed by atoms with Crippen LogP contribution in [0.3, 0.4) is 0 Å². The van der Waals surface area contributed by atoms with Gasteiger partial charge in [-0.25, -0.2) is 13.1 Å². The lowest BCUT2D eigenvalue weighted by molar-refractivity contribution is 0.501. The topological polar surface area (TPSA) is 78.0 Å². The van der Waals surface area contributed by atoms with E-state index in [2.05, 4.69) is 18.9 Å². The zero-order valence-corrected chi connectivity index (χ0v) is 12.5. The molecule has 0 bridgehead atoms. The lowest BCUT2D eigenvalue weighted by atomic mass is 10.1. The lowest BCUT2D eigenvalue weighted by Crippen LogP contribution is -2.15. The third kappa shape index (κ3) is 2.94. The number of nitrogens with zero attached hydrogens (tertiary/aromatic N) is 2. The van der Waals surface area contributed by atoms with Gasteiger partial charge in [0, 0.05) is 5.56 Å². The summed E-state index contributed by atoms with van der Waals surface area (Å²) in [5.41, 5.74) is 8.36. The van der Waals surface area contributed by atoms with Crippen molar-refractivity contribution in [2.75, 3.05) is 17.2 Å². The highest BCUT2D eigenvalue weighted by atomic mass is 32.2. The van der Waals surface area contributed by atoms with Crippen LogP contribution in [0.1, 0.15) is 50.4 Å². The van der Waals surface area contributed by atoms with Crippen molar-refractivity contribution in [3.63, 3.8) is 0 Å². The van der Waals surface area contributed by atoms with Gasteiger partial charge in [-0.15, -0.1) is 0 Å². The fourth-order valence-electron chi connectivity index (χ4n) is 2.74. The van der Waals surface area contributed by atoms with Gasteiger partial charge in [-0.2, -0.15) is 5.10 Å². The zero-order chi connectivity index (χ0) is 14.0. The average Bonchev–Trinajstić information content (AvgIpc) is 2.84. The van der Waals surface area contributed by atoms with E-state index in [0.717, 1.165) is 36.9 Å². The molecular formula is C13H23N3O2S. The summed E-state index contributed by atoms with van der Waals surface area (Å²) in [7, 11) is -2.90. The summed E-state index contributed by atoms with van der Waals surface area (Å²) >= 11 is 0. The summed E-state index contributed by atoms with van der Waals surface area (Å²) in [6.45, 7) is 4.23. The Bertz CT molecular complexity index is 548. The van der Waals surface area contributed by atoms with E-state index in [-0.39, 0.29) is 17.5 Å². The minimum absolute atomic E-state index is 0.0776. The van der Waals surface area contributed by atoms with Gasteiger partial charge in [0.25, 0.3) is 0 Å². The Balaban J connectivity index is 2.33. The van der Waals surface area contributed by atoms with Gasteiger partial charge >= 0.3 is 0 Å². The van der Waals surface area contributed by atoms with Crippen molar-refractivity contribution < 1.29 is 8.42 Å². The van der Waals surface area contributed by atoms with Crippen molar-refractivity contribution in [3.8, 4) is 0 Å². The Morgan fingerprint density at radius 2 is 2.00 bits per heavy atom. The summed E-state index contributed by atoms with van der Waals surface area (Å²) in [6.07, 6.45) is 4.50. The average molecular weight is 285 g/mol. The molecule has 0 aliphatic carbocycles. The molecule has 1 aromatic heterocycles. The summed E-state index contributed by atoms with van der Waals surface area (Å²) in [5, 5.41) is 4.59. The van der Waals surface area contributed by atoms with E-state index in [4.69, 9.17) is 5.73 Å². The number of rotatable bonds is 5. The van der Waals surface area contributed by atoms with E-state index in [1.54, 1.807) is 4.68 Å². The first-order chi connectivity index (χ1) is 8.98. The van der Waals surface area contributed by atoms with Crippen LogP contribution < -0.4 is 5.73 Å². The van der Waals surface area contributed by atoms with E-state index in [1.165, 1.54) is 0 Å². The molecule has 1 aromatic rings. The Hall–Kier alpha value is -1.04. The number of aryl methyl sites for hydroxylation is 1. The van der Waals surface area contributed by atoms with Crippen LogP contribution in [0.15, 0.2) is 0 Å². The smallest absolute Gasteiger partial charge is 0.152 e. The number of sulfone groups is 1. The van der Waals surface area contributed by atoms with Crippen molar-refractivity contribution in [3.05, 3.63) is 11.3 Å². The van der Waals surface area contributed by atoms with Gasteiger partial charge < -0.3 is 5.73 Å². The first kappa shape index (κ1) is 14.4. The lowest BCUT2D eigenvalue weighted by Gasteiger charge is -2.10. The van der Waals surface area contributed by atoms with Crippen LogP contribution in [-0.2, 0) is 22.7 Å². The van der Waals surface area contributed by atoms with Crippen LogP contribution >= 0.6 is 0 Å². The van der Waals surface area contributed by atoms with E-state index in [9.17, 15) is 8.42 Å². The first-order valence-electron chi connectivity index (χ1n) is 7.04. The quantitative estimate of drug-likeness (QED) is 0.893. The Morgan fingerprint density at radius 1 is 1.32 bits per heavy atom. The molecule has 0 saturated carbocycles. The Morgan fingerprint density at radius 3 is 2.53 bits per heavy atom. The maximum atomic E-state index is 11.6. The number of hydrogen-bond donors (Lipinski definition) is 1. The van der Waals surface area contributed by atoms with Crippen molar-refractivity contribution in [1.82, 2.24) is 9.78 Å².